The van der Waals surface area contributed by atoms with Crippen molar-refractivity contribution >= 4 is 17.7 Å². The maximum absolute atomic E-state index is 12.8. The van der Waals surface area contributed by atoms with Crippen LogP contribution in [0.2, 0.25) is 0 Å². The Labute approximate surface area is 199 Å². The fourth-order valence-corrected chi connectivity index (χ4v) is 4.74. The van der Waals surface area contributed by atoms with Crippen LogP contribution in [0.15, 0.2) is 47.6 Å². The van der Waals surface area contributed by atoms with Crippen molar-refractivity contribution in [1.29, 1.82) is 0 Å². The zero-order valence-corrected chi connectivity index (χ0v) is 20.4. The number of nitrogens with zero attached hydrogens (tertiary/aromatic N) is 4. The van der Waals surface area contributed by atoms with Crippen LogP contribution in [0.4, 0.5) is 0 Å². The molecule has 1 amide bonds. The minimum absolute atomic E-state index is 0.148. The molecule has 4 rings (SSSR count). The first-order valence-corrected chi connectivity index (χ1v) is 12.1. The van der Waals surface area contributed by atoms with E-state index in [4.69, 9.17) is 9.47 Å². The number of rotatable bonds is 7. The van der Waals surface area contributed by atoms with Gasteiger partial charge < -0.3 is 14.4 Å². The lowest BCUT2D eigenvalue weighted by Crippen LogP contribution is -2.38. The van der Waals surface area contributed by atoms with E-state index in [1.807, 2.05) is 39.8 Å². The molecule has 0 aliphatic carbocycles. The predicted octanol–water partition coefficient (Wildman–Crippen LogP) is 4.61. The Hall–Kier alpha value is -3.00. The van der Waals surface area contributed by atoms with Gasteiger partial charge in [0.15, 0.2) is 11.0 Å². The Kier molecular flexibility index (Phi) is 7.23. The molecule has 2 heterocycles. The van der Waals surface area contributed by atoms with Gasteiger partial charge in [-0.25, -0.2) is 0 Å². The lowest BCUT2D eigenvalue weighted by atomic mass is 9.99. The van der Waals surface area contributed by atoms with E-state index in [0.717, 1.165) is 37.2 Å². The van der Waals surface area contributed by atoms with E-state index in [-0.39, 0.29) is 5.91 Å². The Balaban J connectivity index is 1.66. The van der Waals surface area contributed by atoms with Crippen molar-refractivity contribution in [2.45, 2.75) is 31.8 Å². The molecule has 1 fully saturated rings. The smallest absolute Gasteiger partial charge is 0.233 e. The number of amides is 1. The highest BCUT2D eigenvalue weighted by Crippen LogP contribution is 2.33. The average molecular weight is 467 g/mol. The highest BCUT2D eigenvalue weighted by molar-refractivity contribution is 7.99. The maximum Gasteiger partial charge on any atom is 0.233 e. The summed E-state index contributed by atoms with van der Waals surface area (Å²) in [5.74, 6) is 3.18. The second-order valence-corrected chi connectivity index (χ2v) is 9.37. The summed E-state index contributed by atoms with van der Waals surface area (Å²) in [4.78, 5) is 14.8. The van der Waals surface area contributed by atoms with Gasteiger partial charge in [-0.1, -0.05) is 36.4 Å². The van der Waals surface area contributed by atoms with Crippen LogP contribution in [0, 0.1) is 12.8 Å². The summed E-state index contributed by atoms with van der Waals surface area (Å²) in [6.45, 7) is 5.97. The second kappa shape index (κ2) is 10.3. The van der Waals surface area contributed by atoms with E-state index in [1.54, 1.807) is 14.2 Å². The molecule has 3 aromatic rings. The summed E-state index contributed by atoms with van der Waals surface area (Å²) >= 11 is 1.42. The van der Waals surface area contributed by atoms with Gasteiger partial charge in [-0.3, -0.25) is 9.36 Å². The number of piperidine rings is 1. The normalized spacial score (nSPS) is 14.4. The van der Waals surface area contributed by atoms with E-state index in [9.17, 15) is 4.79 Å². The van der Waals surface area contributed by atoms with E-state index in [2.05, 4.69) is 36.2 Å². The van der Waals surface area contributed by atoms with E-state index >= 15 is 0 Å². The van der Waals surface area contributed by atoms with Crippen molar-refractivity contribution in [2.75, 3.05) is 33.1 Å². The van der Waals surface area contributed by atoms with Gasteiger partial charge in [0.1, 0.15) is 11.5 Å². The predicted molar refractivity (Wildman–Crippen MR) is 130 cm³/mol. The van der Waals surface area contributed by atoms with Crippen LogP contribution in [-0.2, 0) is 4.79 Å². The summed E-state index contributed by atoms with van der Waals surface area (Å²) < 4.78 is 12.9. The first kappa shape index (κ1) is 23.2. The number of methoxy groups -OCH3 is 2. The van der Waals surface area contributed by atoms with Crippen LogP contribution in [0.5, 0.6) is 11.5 Å². The minimum atomic E-state index is 0.148. The van der Waals surface area contributed by atoms with Crippen molar-refractivity contribution in [3.8, 4) is 28.6 Å². The van der Waals surface area contributed by atoms with Gasteiger partial charge in [0.2, 0.25) is 5.91 Å². The number of ether oxygens (including phenoxy) is 2. The number of aryl methyl sites for hydroxylation is 1. The third-order valence-electron chi connectivity index (χ3n) is 6.00. The number of hydrogen-bond acceptors (Lipinski definition) is 6. The summed E-state index contributed by atoms with van der Waals surface area (Å²) in [6, 6.07) is 13.8. The Bertz CT molecular complexity index is 1080. The molecule has 0 saturated carbocycles. The van der Waals surface area contributed by atoms with Gasteiger partial charge in [0.05, 0.1) is 20.0 Å². The number of likely N-dealkylation sites (tertiary alicyclic amines) is 1. The molecule has 0 radical (unpaired) electrons. The SMILES string of the molecule is COc1cc(OC)cc(-c2nnc(SCC(=O)N3CCC(C)CC3)n2-c2ccc(C)cc2)c1. The zero-order chi connectivity index (χ0) is 23.4. The van der Waals surface area contributed by atoms with Crippen molar-refractivity contribution in [3.63, 3.8) is 0 Å². The number of thioether (sulfide) groups is 1. The van der Waals surface area contributed by atoms with Crippen LogP contribution in [0.1, 0.15) is 25.3 Å². The van der Waals surface area contributed by atoms with E-state index in [1.165, 1.54) is 17.3 Å². The molecule has 0 unspecified atom stereocenters. The standard InChI is InChI=1S/C25H30N4O3S/c1-17-5-7-20(8-6-17)29-24(19-13-21(31-3)15-22(14-19)32-4)26-27-25(29)33-16-23(30)28-11-9-18(2)10-12-28/h5-8,13-15,18H,9-12,16H2,1-4H3. The molecule has 0 bridgehead atoms. The van der Waals surface area contributed by atoms with Crippen LogP contribution in [0.25, 0.3) is 17.1 Å². The topological polar surface area (TPSA) is 69.5 Å². The van der Waals surface area contributed by atoms with Gasteiger partial charge in [0.25, 0.3) is 0 Å². The second-order valence-electron chi connectivity index (χ2n) is 8.43. The van der Waals surface area contributed by atoms with Crippen molar-refractivity contribution < 1.29 is 14.3 Å². The average Bonchev–Trinajstić information content (AvgIpc) is 3.27. The first-order chi connectivity index (χ1) is 16.0. The van der Waals surface area contributed by atoms with Crippen molar-refractivity contribution in [2.24, 2.45) is 5.92 Å². The van der Waals surface area contributed by atoms with Crippen LogP contribution < -0.4 is 9.47 Å². The zero-order valence-electron chi connectivity index (χ0n) is 19.6. The minimum Gasteiger partial charge on any atom is -0.497 e. The molecule has 0 N–H and O–H groups in total. The van der Waals surface area contributed by atoms with Gasteiger partial charge in [-0.2, -0.15) is 0 Å². The van der Waals surface area contributed by atoms with Gasteiger partial charge in [-0.05, 0) is 49.9 Å². The molecule has 7 nitrogen and oxygen atoms in total. The summed E-state index contributed by atoms with van der Waals surface area (Å²) in [7, 11) is 3.25. The molecule has 8 heteroatoms. The Morgan fingerprint density at radius 3 is 2.27 bits per heavy atom. The molecular weight excluding hydrogens is 436 g/mol. The maximum atomic E-state index is 12.8. The molecule has 1 aliphatic heterocycles. The van der Waals surface area contributed by atoms with Crippen LogP contribution >= 0.6 is 11.8 Å². The summed E-state index contributed by atoms with van der Waals surface area (Å²) in [5, 5.41) is 9.62. The molecule has 0 spiro atoms. The number of benzene rings is 2. The third-order valence-corrected chi connectivity index (χ3v) is 6.91. The summed E-state index contributed by atoms with van der Waals surface area (Å²) in [5.41, 5.74) is 2.92. The van der Waals surface area contributed by atoms with Gasteiger partial charge in [-0.15, -0.1) is 10.2 Å². The van der Waals surface area contributed by atoms with Crippen molar-refractivity contribution in [1.82, 2.24) is 19.7 Å². The molecule has 1 saturated heterocycles. The number of carbonyl (C=O) groups excluding carboxylic acids is 1. The van der Waals surface area contributed by atoms with E-state index < -0.39 is 0 Å². The van der Waals surface area contributed by atoms with Crippen LogP contribution in [0.3, 0.4) is 0 Å². The summed E-state index contributed by atoms with van der Waals surface area (Å²) in [6.07, 6.45) is 2.13. The Morgan fingerprint density at radius 1 is 1.03 bits per heavy atom. The highest BCUT2D eigenvalue weighted by atomic mass is 32.2. The largest absolute Gasteiger partial charge is 0.497 e. The fraction of sp³-hybridized carbons (Fsp3) is 0.400. The van der Waals surface area contributed by atoms with Gasteiger partial charge in [0, 0.05) is 30.4 Å². The number of hydrogen-bond donors (Lipinski definition) is 0. The van der Waals surface area contributed by atoms with Crippen LogP contribution in [-0.4, -0.2) is 58.6 Å². The third kappa shape index (κ3) is 5.33. The molecule has 174 valence electrons. The molecule has 1 aliphatic rings. The lowest BCUT2D eigenvalue weighted by molar-refractivity contribution is -0.129. The molecule has 2 aromatic carbocycles. The lowest BCUT2D eigenvalue weighted by Gasteiger charge is -2.30. The quantitative estimate of drug-likeness (QED) is 0.474. The molecule has 1 aromatic heterocycles. The highest BCUT2D eigenvalue weighted by Gasteiger charge is 2.23. The monoisotopic (exact) mass is 466 g/mol. The van der Waals surface area contributed by atoms with E-state index in [0.29, 0.717) is 34.2 Å². The number of carbonyl (C=O) groups is 1. The molecule has 33 heavy (non-hydrogen) atoms. The first-order valence-electron chi connectivity index (χ1n) is 11.1. The fourth-order valence-electron chi connectivity index (χ4n) is 3.89. The Morgan fingerprint density at radius 2 is 1.67 bits per heavy atom. The number of aromatic nitrogens is 3. The molecule has 0 atom stereocenters. The van der Waals surface area contributed by atoms with Crippen molar-refractivity contribution in [3.05, 3.63) is 48.0 Å². The molecular formula is C25H30N4O3S. The van der Waals surface area contributed by atoms with Gasteiger partial charge >= 0.3 is 0 Å².